The van der Waals surface area contributed by atoms with Crippen molar-refractivity contribution in [3.63, 3.8) is 0 Å². The van der Waals surface area contributed by atoms with Crippen LogP contribution in [0.1, 0.15) is 47.8 Å². The summed E-state index contributed by atoms with van der Waals surface area (Å²) in [6.45, 7) is 1.03. The van der Waals surface area contributed by atoms with Gasteiger partial charge in [0, 0.05) is 30.3 Å². The molecule has 6 heteroatoms. The van der Waals surface area contributed by atoms with Gasteiger partial charge in [-0.05, 0) is 49.9 Å². The predicted molar refractivity (Wildman–Crippen MR) is 118 cm³/mol. The van der Waals surface area contributed by atoms with Crippen LogP contribution in [0.2, 0.25) is 0 Å². The second kappa shape index (κ2) is 8.38. The van der Waals surface area contributed by atoms with Gasteiger partial charge in [-0.1, -0.05) is 36.4 Å². The van der Waals surface area contributed by atoms with Gasteiger partial charge in [0.15, 0.2) is 5.69 Å². The van der Waals surface area contributed by atoms with Gasteiger partial charge in [0.05, 0.1) is 5.92 Å². The van der Waals surface area contributed by atoms with E-state index in [2.05, 4.69) is 10.3 Å². The van der Waals surface area contributed by atoms with E-state index in [0.717, 1.165) is 36.9 Å². The number of oxazole rings is 1. The average Bonchev–Trinajstić information content (AvgIpc) is 3.58. The largest absolute Gasteiger partial charge is 0.440 e. The van der Waals surface area contributed by atoms with Crippen molar-refractivity contribution in [1.82, 2.24) is 9.88 Å². The summed E-state index contributed by atoms with van der Waals surface area (Å²) in [5, 5.41) is 2.97. The van der Waals surface area contributed by atoms with Gasteiger partial charge in [-0.3, -0.25) is 9.59 Å². The lowest BCUT2D eigenvalue weighted by atomic mass is 9.96. The summed E-state index contributed by atoms with van der Waals surface area (Å²) >= 11 is 0. The molecule has 1 aromatic heterocycles. The second-order valence-corrected chi connectivity index (χ2v) is 8.32. The number of aromatic nitrogens is 1. The topological polar surface area (TPSA) is 75.4 Å². The van der Waals surface area contributed by atoms with E-state index in [1.54, 1.807) is 4.90 Å². The Morgan fingerprint density at radius 3 is 2.39 bits per heavy atom. The predicted octanol–water partition coefficient (Wildman–Crippen LogP) is 4.71. The Morgan fingerprint density at radius 2 is 1.68 bits per heavy atom. The number of carbonyl (C=O) groups is 2. The Bertz CT molecular complexity index is 1070. The minimum atomic E-state index is -0.234. The minimum absolute atomic E-state index is 0.0451. The minimum Gasteiger partial charge on any atom is -0.440 e. The molecule has 1 aliphatic carbocycles. The fraction of sp³-hybridized carbons (Fsp3) is 0.320. The van der Waals surface area contributed by atoms with E-state index in [1.807, 2.05) is 60.7 Å². The lowest BCUT2D eigenvalue weighted by molar-refractivity contribution is -0.121. The summed E-state index contributed by atoms with van der Waals surface area (Å²) in [7, 11) is 0. The molecule has 5 rings (SSSR count). The molecular formula is C25H25N3O3. The van der Waals surface area contributed by atoms with Gasteiger partial charge in [-0.2, -0.15) is 0 Å². The maximum Gasteiger partial charge on any atom is 0.276 e. The number of hydrogen-bond donors (Lipinski definition) is 1. The van der Waals surface area contributed by atoms with E-state index in [4.69, 9.17) is 4.42 Å². The Balaban J connectivity index is 1.34. The molecule has 2 aliphatic rings. The van der Waals surface area contributed by atoms with Crippen molar-refractivity contribution in [2.45, 2.75) is 31.6 Å². The van der Waals surface area contributed by atoms with E-state index in [0.29, 0.717) is 30.4 Å². The van der Waals surface area contributed by atoms with Gasteiger partial charge in [-0.15, -0.1) is 0 Å². The van der Waals surface area contributed by atoms with Crippen molar-refractivity contribution in [2.75, 3.05) is 18.4 Å². The molecule has 1 atom stereocenters. The lowest BCUT2D eigenvalue weighted by Gasteiger charge is -2.31. The molecular weight excluding hydrogens is 390 g/mol. The van der Waals surface area contributed by atoms with Crippen LogP contribution in [-0.4, -0.2) is 34.8 Å². The van der Waals surface area contributed by atoms with Gasteiger partial charge in [0.1, 0.15) is 5.76 Å². The first-order valence-corrected chi connectivity index (χ1v) is 10.9. The van der Waals surface area contributed by atoms with Gasteiger partial charge < -0.3 is 14.6 Å². The van der Waals surface area contributed by atoms with Gasteiger partial charge >= 0.3 is 0 Å². The average molecular weight is 415 g/mol. The monoisotopic (exact) mass is 415 g/mol. The van der Waals surface area contributed by atoms with Crippen LogP contribution in [0.3, 0.4) is 0 Å². The summed E-state index contributed by atoms with van der Waals surface area (Å²) < 4.78 is 6.05. The lowest BCUT2D eigenvalue weighted by Crippen LogP contribution is -2.44. The summed E-state index contributed by atoms with van der Waals surface area (Å²) in [4.78, 5) is 32.5. The summed E-state index contributed by atoms with van der Waals surface area (Å²) in [5.41, 5.74) is 2.05. The quantitative estimate of drug-likeness (QED) is 0.655. The molecule has 1 N–H and O–H groups in total. The Kier molecular flexibility index (Phi) is 5.28. The fourth-order valence-corrected chi connectivity index (χ4v) is 4.10. The number of benzene rings is 2. The highest BCUT2D eigenvalue weighted by Gasteiger charge is 2.37. The molecule has 1 aliphatic heterocycles. The highest BCUT2D eigenvalue weighted by atomic mass is 16.4. The molecule has 1 saturated heterocycles. The van der Waals surface area contributed by atoms with Crippen LogP contribution < -0.4 is 5.32 Å². The number of nitrogens with zero attached hydrogens (tertiary/aromatic N) is 2. The number of nitrogens with one attached hydrogen (secondary N) is 1. The number of anilines is 1. The smallest absolute Gasteiger partial charge is 0.276 e. The van der Waals surface area contributed by atoms with Crippen molar-refractivity contribution in [3.8, 4) is 11.5 Å². The molecule has 0 spiro atoms. The third-order valence-corrected chi connectivity index (χ3v) is 5.95. The molecule has 2 aromatic carbocycles. The Hall–Kier alpha value is -3.41. The number of hydrogen-bond acceptors (Lipinski definition) is 4. The Labute approximate surface area is 181 Å². The van der Waals surface area contributed by atoms with Gasteiger partial charge in [-0.25, -0.2) is 4.98 Å². The SMILES string of the molecule is O=C(Nc1ccccc1)C1CCCN(C(=O)c2nc(-c3ccccc3)oc2C2CC2)C1. The number of carbonyl (C=O) groups excluding carboxylic acids is 2. The molecule has 2 heterocycles. The van der Waals surface area contributed by atoms with Crippen LogP contribution in [0, 0.1) is 5.92 Å². The molecule has 1 saturated carbocycles. The molecule has 0 bridgehead atoms. The molecule has 0 radical (unpaired) electrons. The van der Waals surface area contributed by atoms with E-state index < -0.39 is 0 Å². The van der Waals surface area contributed by atoms with Crippen LogP contribution in [0.25, 0.3) is 11.5 Å². The van der Waals surface area contributed by atoms with Crippen molar-refractivity contribution in [1.29, 1.82) is 0 Å². The van der Waals surface area contributed by atoms with Crippen molar-refractivity contribution in [3.05, 3.63) is 72.1 Å². The van der Waals surface area contributed by atoms with Crippen LogP contribution in [0.15, 0.2) is 65.1 Å². The first-order valence-electron chi connectivity index (χ1n) is 10.9. The third-order valence-electron chi connectivity index (χ3n) is 5.95. The number of para-hydroxylation sites is 1. The van der Waals surface area contributed by atoms with Crippen LogP contribution >= 0.6 is 0 Å². The zero-order valence-corrected chi connectivity index (χ0v) is 17.3. The van der Waals surface area contributed by atoms with Crippen LogP contribution in [0.5, 0.6) is 0 Å². The summed E-state index contributed by atoms with van der Waals surface area (Å²) in [6, 6.07) is 19.1. The van der Waals surface area contributed by atoms with Crippen molar-refractivity contribution >= 4 is 17.5 Å². The molecule has 2 fully saturated rings. The van der Waals surface area contributed by atoms with Crippen molar-refractivity contribution < 1.29 is 14.0 Å². The van der Waals surface area contributed by atoms with E-state index >= 15 is 0 Å². The second-order valence-electron chi connectivity index (χ2n) is 8.32. The van der Waals surface area contributed by atoms with Crippen LogP contribution in [-0.2, 0) is 4.79 Å². The summed E-state index contributed by atoms with van der Waals surface area (Å²) in [6.07, 6.45) is 3.60. The van der Waals surface area contributed by atoms with Gasteiger partial charge in [0.25, 0.3) is 5.91 Å². The number of piperidine rings is 1. The van der Waals surface area contributed by atoms with Crippen LogP contribution in [0.4, 0.5) is 5.69 Å². The maximum absolute atomic E-state index is 13.4. The third kappa shape index (κ3) is 4.24. The first-order chi connectivity index (χ1) is 15.2. The Morgan fingerprint density at radius 1 is 0.968 bits per heavy atom. The van der Waals surface area contributed by atoms with E-state index in [9.17, 15) is 9.59 Å². The highest BCUT2D eigenvalue weighted by molar-refractivity contribution is 5.96. The zero-order chi connectivity index (χ0) is 21.2. The van der Waals surface area contributed by atoms with E-state index in [-0.39, 0.29) is 23.7 Å². The highest BCUT2D eigenvalue weighted by Crippen LogP contribution is 2.43. The van der Waals surface area contributed by atoms with Crippen molar-refractivity contribution in [2.24, 2.45) is 5.92 Å². The number of amides is 2. The number of likely N-dealkylation sites (tertiary alicyclic amines) is 1. The molecule has 31 heavy (non-hydrogen) atoms. The molecule has 1 unspecified atom stereocenters. The maximum atomic E-state index is 13.4. The standard InChI is InChI=1S/C25H25N3O3/c29-23(26-20-11-5-2-6-12-20)19-10-7-15-28(16-19)25(30)21-22(17-13-14-17)31-24(27-21)18-8-3-1-4-9-18/h1-6,8-9,11-12,17,19H,7,10,13-16H2,(H,26,29). The summed E-state index contributed by atoms with van der Waals surface area (Å²) in [5.74, 6) is 1.04. The molecule has 6 nitrogen and oxygen atoms in total. The fourth-order valence-electron chi connectivity index (χ4n) is 4.10. The molecule has 2 amide bonds. The molecule has 3 aromatic rings. The van der Waals surface area contributed by atoms with Gasteiger partial charge in [0.2, 0.25) is 11.8 Å². The van der Waals surface area contributed by atoms with E-state index in [1.165, 1.54) is 0 Å². The molecule has 158 valence electrons. The number of rotatable bonds is 5. The first kappa shape index (κ1) is 19.5. The normalized spacial score (nSPS) is 18.6. The zero-order valence-electron chi connectivity index (χ0n) is 17.3.